The van der Waals surface area contributed by atoms with Crippen LogP contribution >= 0.6 is 0 Å². The molecule has 170 valence electrons. The number of ether oxygens (including phenoxy) is 2. The van der Waals surface area contributed by atoms with Gasteiger partial charge in [-0.05, 0) is 47.4 Å². The first-order valence-corrected chi connectivity index (χ1v) is 11.0. The molecule has 2 aromatic carbocycles. The van der Waals surface area contributed by atoms with Gasteiger partial charge in [0.1, 0.15) is 5.75 Å². The highest BCUT2D eigenvalue weighted by atomic mass is 16.5. The lowest BCUT2D eigenvalue weighted by Crippen LogP contribution is -2.28. The number of methoxy groups -OCH3 is 2. The molecule has 0 unspecified atom stereocenters. The monoisotopic (exact) mass is 436 g/mol. The molecule has 0 bridgehead atoms. The first-order valence-electron chi connectivity index (χ1n) is 11.0. The summed E-state index contributed by atoms with van der Waals surface area (Å²) in [6, 6.07) is 11.1. The first-order chi connectivity index (χ1) is 15.4. The number of rotatable bonds is 9. The lowest BCUT2D eigenvalue weighted by Gasteiger charge is -2.13. The Labute approximate surface area is 189 Å². The van der Waals surface area contributed by atoms with Crippen molar-refractivity contribution in [3.8, 4) is 5.75 Å². The summed E-state index contributed by atoms with van der Waals surface area (Å²) in [4.78, 5) is 24.6. The maximum atomic E-state index is 12.7. The summed E-state index contributed by atoms with van der Waals surface area (Å²) < 4.78 is 12.4. The van der Waals surface area contributed by atoms with Gasteiger partial charge >= 0.3 is 5.97 Å². The molecule has 6 heteroatoms. The Hall–Kier alpha value is -3.28. The fourth-order valence-electron chi connectivity index (χ4n) is 4.01. The van der Waals surface area contributed by atoms with Gasteiger partial charge in [0, 0.05) is 42.7 Å². The van der Waals surface area contributed by atoms with Gasteiger partial charge in [-0.25, -0.2) is 4.79 Å². The standard InChI is InChI=1S/C26H32N2O4/c1-6-17(7-2)15-27-25(29)19-10-11-23-22(13-19)21(16-28(23)3)12-18-8-9-20(26(30)32-5)14-24(18)31-4/h8-11,13-14,16-17H,6-7,12,15H2,1-5H3,(H,27,29). The third-order valence-corrected chi connectivity index (χ3v) is 6.13. The quantitative estimate of drug-likeness (QED) is 0.492. The molecular weight excluding hydrogens is 404 g/mol. The highest BCUT2D eigenvalue weighted by Gasteiger charge is 2.16. The molecule has 3 aromatic rings. The van der Waals surface area contributed by atoms with Crippen LogP contribution in [0.15, 0.2) is 42.6 Å². The molecule has 6 nitrogen and oxygen atoms in total. The van der Waals surface area contributed by atoms with Crippen molar-refractivity contribution in [3.63, 3.8) is 0 Å². The van der Waals surface area contributed by atoms with Gasteiger partial charge in [0.15, 0.2) is 0 Å². The van der Waals surface area contributed by atoms with E-state index in [4.69, 9.17) is 9.47 Å². The average molecular weight is 437 g/mol. The number of aromatic nitrogens is 1. The molecule has 0 aliphatic carbocycles. The molecule has 0 spiro atoms. The zero-order valence-electron chi connectivity index (χ0n) is 19.5. The number of nitrogens with zero attached hydrogens (tertiary/aromatic N) is 1. The van der Waals surface area contributed by atoms with E-state index < -0.39 is 5.97 Å². The zero-order chi connectivity index (χ0) is 23.3. The van der Waals surface area contributed by atoms with E-state index in [2.05, 4.69) is 29.9 Å². The second kappa shape index (κ2) is 10.4. The largest absolute Gasteiger partial charge is 0.496 e. The summed E-state index contributed by atoms with van der Waals surface area (Å²) in [5.74, 6) is 0.678. The van der Waals surface area contributed by atoms with E-state index in [1.165, 1.54) is 7.11 Å². The molecular formula is C26H32N2O4. The van der Waals surface area contributed by atoms with Gasteiger partial charge in [-0.1, -0.05) is 32.8 Å². The summed E-state index contributed by atoms with van der Waals surface area (Å²) in [5.41, 5.74) is 4.20. The predicted octanol–water partition coefficient (Wildman–Crippen LogP) is 4.73. The number of nitrogens with one attached hydrogen (secondary N) is 1. The smallest absolute Gasteiger partial charge is 0.337 e. The molecule has 0 saturated heterocycles. The van der Waals surface area contributed by atoms with Crippen LogP contribution in [0.3, 0.4) is 0 Å². The maximum absolute atomic E-state index is 12.7. The maximum Gasteiger partial charge on any atom is 0.337 e. The average Bonchev–Trinajstić information content (AvgIpc) is 3.13. The van der Waals surface area contributed by atoms with Crippen molar-refractivity contribution in [1.82, 2.24) is 9.88 Å². The number of carbonyl (C=O) groups is 2. The van der Waals surface area contributed by atoms with Crippen LogP contribution in [0.4, 0.5) is 0 Å². The Morgan fingerprint density at radius 1 is 1.00 bits per heavy atom. The Balaban J connectivity index is 1.90. The number of esters is 1. The van der Waals surface area contributed by atoms with Crippen molar-refractivity contribution in [1.29, 1.82) is 0 Å². The Morgan fingerprint density at radius 3 is 2.38 bits per heavy atom. The molecule has 32 heavy (non-hydrogen) atoms. The predicted molar refractivity (Wildman–Crippen MR) is 126 cm³/mol. The second-order valence-corrected chi connectivity index (χ2v) is 8.08. The Bertz CT molecular complexity index is 1110. The summed E-state index contributed by atoms with van der Waals surface area (Å²) >= 11 is 0. The van der Waals surface area contributed by atoms with Gasteiger partial charge in [0.2, 0.25) is 0 Å². The fourth-order valence-corrected chi connectivity index (χ4v) is 4.01. The van der Waals surface area contributed by atoms with Crippen LogP contribution in [-0.4, -0.2) is 37.2 Å². The number of aryl methyl sites for hydroxylation is 1. The summed E-state index contributed by atoms with van der Waals surface area (Å²) in [7, 11) is 4.94. The van der Waals surface area contributed by atoms with Crippen molar-refractivity contribution >= 4 is 22.8 Å². The normalized spacial score (nSPS) is 11.1. The van der Waals surface area contributed by atoms with Gasteiger partial charge < -0.3 is 19.4 Å². The molecule has 0 atom stereocenters. The second-order valence-electron chi connectivity index (χ2n) is 8.08. The van der Waals surface area contributed by atoms with Crippen LogP contribution in [-0.2, 0) is 18.2 Å². The minimum absolute atomic E-state index is 0.0476. The van der Waals surface area contributed by atoms with E-state index in [0.717, 1.165) is 34.9 Å². The zero-order valence-corrected chi connectivity index (χ0v) is 19.5. The molecule has 0 aliphatic rings. The van der Waals surface area contributed by atoms with Gasteiger partial charge in [-0.15, -0.1) is 0 Å². The van der Waals surface area contributed by atoms with Crippen LogP contribution < -0.4 is 10.1 Å². The van der Waals surface area contributed by atoms with Gasteiger partial charge in [0.25, 0.3) is 5.91 Å². The third-order valence-electron chi connectivity index (χ3n) is 6.13. The summed E-state index contributed by atoms with van der Waals surface area (Å²) in [6.07, 6.45) is 4.79. The lowest BCUT2D eigenvalue weighted by atomic mass is 10.0. The highest BCUT2D eigenvalue weighted by molar-refractivity contribution is 5.99. The van der Waals surface area contributed by atoms with E-state index in [0.29, 0.717) is 35.8 Å². The van der Waals surface area contributed by atoms with Crippen LogP contribution in [0.5, 0.6) is 5.75 Å². The minimum atomic E-state index is -0.399. The van der Waals surface area contributed by atoms with Crippen molar-refractivity contribution < 1.29 is 19.1 Å². The van der Waals surface area contributed by atoms with Gasteiger partial charge in [-0.2, -0.15) is 0 Å². The third kappa shape index (κ3) is 4.96. The Morgan fingerprint density at radius 2 is 1.72 bits per heavy atom. The van der Waals surface area contributed by atoms with Gasteiger partial charge in [0.05, 0.1) is 19.8 Å². The number of fused-ring (bicyclic) bond motifs is 1. The van der Waals surface area contributed by atoms with E-state index >= 15 is 0 Å². The van der Waals surface area contributed by atoms with Crippen molar-refractivity contribution in [2.24, 2.45) is 13.0 Å². The SMILES string of the molecule is CCC(CC)CNC(=O)c1ccc2c(c1)c(Cc1ccc(C(=O)OC)cc1OC)cn2C. The van der Waals surface area contributed by atoms with Crippen LogP contribution in [0.25, 0.3) is 10.9 Å². The molecule has 1 N–H and O–H groups in total. The topological polar surface area (TPSA) is 69.6 Å². The minimum Gasteiger partial charge on any atom is -0.496 e. The van der Waals surface area contributed by atoms with Crippen LogP contribution in [0.1, 0.15) is 58.5 Å². The van der Waals surface area contributed by atoms with Crippen molar-refractivity contribution in [2.45, 2.75) is 33.1 Å². The highest BCUT2D eigenvalue weighted by Crippen LogP contribution is 2.29. The van der Waals surface area contributed by atoms with Crippen molar-refractivity contribution in [3.05, 3.63) is 64.8 Å². The molecule has 0 saturated carbocycles. The number of benzene rings is 2. The molecule has 1 amide bonds. The fraction of sp³-hybridized carbons (Fsp3) is 0.385. The number of hydrogen-bond acceptors (Lipinski definition) is 4. The molecule has 3 rings (SSSR count). The van der Waals surface area contributed by atoms with Gasteiger partial charge in [-0.3, -0.25) is 4.79 Å². The van der Waals surface area contributed by atoms with E-state index in [1.54, 1.807) is 19.2 Å². The number of carbonyl (C=O) groups excluding carboxylic acids is 2. The summed E-state index contributed by atoms with van der Waals surface area (Å²) in [6.45, 7) is 4.98. The van der Waals surface area contributed by atoms with Crippen molar-refractivity contribution in [2.75, 3.05) is 20.8 Å². The number of amides is 1. The molecule has 0 aliphatic heterocycles. The first kappa shape index (κ1) is 23.4. The Kier molecular flexibility index (Phi) is 7.57. The van der Waals surface area contributed by atoms with E-state index in [1.807, 2.05) is 31.3 Å². The molecule has 1 heterocycles. The summed E-state index contributed by atoms with van der Waals surface area (Å²) in [5, 5.41) is 4.10. The van der Waals surface area contributed by atoms with E-state index in [-0.39, 0.29) is 5.91 Å². The molecule has 0 fully saturated rings. The van der Waals surface area contributed by atoms with Crippen LogP contribution in [0, 0.1) is 5.92 Å². The lowest BCUT2D eigenvalue weighted by molar-refractivity contribution is 0.0600. The van der Waals surface area contributed by atoms with E-state index in [9.17, 15) is 9.59 Å². The molecule has 1 aromatic heterocycles. The van der Waals surface area contributed by atoms with Crippen LogP contribution in [0.2, 0.25) is 0 Å². The number of hydrogen-bond donors (Lipinski definition) is 1. The molecule has 0 radical (unpaired) electrons.